The Hall–Kier alpha value is -1.68. The van der Waals surface area contributed by atoms with Crippen LogP contribution in [0.5, 0.6) is 0 Å². The molecule has 6 N–H and O–H groups in total. The lowest BCUT2D eigenvalue weighted by atomic mass is 9.61. The van der Waals surface area contributed by atoms with Gasteiger partial charge in [0.25, 0.3) is 0 Å². The van der Waals surface area contributed by atoms with Gasteiger partial charge in [0.1, 0.15) is 0 Å². The van der Waals surface area contributed by atoms with E-state index in [4.69, 9.17) is 17.2 Å². The minimum absolute atomic E-state index is 0.0785. The third-order valence-corrected chi connectivity index (χ3v) is 5.43. The number of rotatable bonds is 4. The maximum Gasteiger partial charge on any atom is 0.0534 e. The smallest absolute Gasteiger partial charge is 0.0534 e. The summed E-state index contributed by atoms with van der Waals surface area (Å²) >= 11 is 0. The molecule has 1 saturated carbocycles. The van der Waals surface area contributed by atoms with Gasteiger partial charge >= 0.3 is 0 Å². The molecule has 122 valence electrons. The van der Waals surface area contributed by atoms with Gasteiger partial charge in [0.05, 0.1) is 5.54 Å². The standard InChI is InChI=1S/C20H27N3/c21-18-12-7-13-19(22,14-16-8-3-1-4-9-16)20(18,23)15-17-10-5-2-6-11-17/h1-6,8-11,18H,7,12-15,21-23H2. The average molecular weight is 309 g/mol. The van der Waals surface area contributed by atoms with Gasteiger partial charge in [0, 0.05) is 11.6 Å². The number of nitrogens with two attached hydrogens (primary N) is 3. The molecule has 0 bridgehead atoms. The van der Waals surface area contributed by atoms with Gasteiger partial charge in [-0.3, -0.25) is 0 Å². The molecule has 0 saturated heterocycles. The van der Waals surface area contributed by atoms with Crippen LogP contribution >= 0.6 is 0 Å². The Morgan fingerprint density at radius 1 is 0.826 bits per heavy atom. The zero-order chi connectivity index (χ0) is 16.3. The van der Waals surface area contributed by atoms with E-state index in [-0.39, 0.29) is 6.04 Å². The summed E-state index contributed by atoms with van der Waals surface area (Å²) in [5.41, 5.74) is 21.7. The monoisotopic (exact) mass is 309 g/mol. The summed E-state index contributed by atoms with van der Waals surface area (Å²) < 4.78 is 0. The predicted molar refractivity (Wildman–Crippen MR) is 96.0 cm³/mol. The van der Waals surface area contributed by atoms with Gasteiger partial charge in [0.2, 0.25) is 0 Å². The van der Waals surface area contributed by atoms with E-state index in [2.05, 4.69) is 36.4 Å². The first-order chi connectivity index (χ1) is 11.0. The van der Waals surface area contributed by atoms with Gasteiger partial charge in [-0.1, -0.05) is 60.7 Å². The Kier molecular flexibility index (Phi) is 4.53. The molecular weight excluding hydrogens is 282 g/mol. The van der Waals surface area contributed by atoms with Crippen molar-refractivity contribution in [2.24, 2.45) is 17.2 Å². The highest BCUT2D eigenvalue weighted by Crippen LogP contribution is 2.38. The van der Waals surface area contributed by atoms with E-state index in [1.54, 1.807) is 0 Å². The summed E-state index contributed by atoms with van der Waals surface area (Å²) in [5.74, 6) is 0. The van der Waals surface area contributed by atoms with Crippen LogP contribution in [0.3, 0.4) is 0 Å². The molecule has 0 heterocycles. The summed E-state index contributed by atoms with van der Waals surface area (Å²) in [6, 6.07) is 20.6. The SMILES string of the molecule is NC1CCCC(N)(Cc2ccccc2)C1(N)Cc1ccccc1. The third kappa shape index (κ3) is 3.18. The van der Waals surface area contributed by atoms with Crippen molar-refractivity contribution in [3.05, 3.63) is 71.8 Å². The van der Waals surface area contributed by atoms with Crippen LogP contribution in [-0.2, 0) is 12.8 Å². The minimum atomic E-state index is -0.595. The molecule has 23 heavy (non-hydrogen) atoms. The number of hydrogen-bond acceptors (Lipinski definition) is 3. The molecule has 0 radical (unpaired) electrons. The fraction of sp³-hybridized carbons (Fsp3) is 0.400. The maximum absolute atomic E-state index is 6.91. The van der Waals surface area contributed by atoms with Crippen LogP contribution in [0.4, 0.5) is 0 Å². The first kappa shape index (κ1) is 16.2. The van der Waals surface area contributed by atoms with Crippen LogP contribution in [0.1, 0.15) is 30.4 Å². The Morgan fingerprint density at radius 2 is 1.35 bits per heavy atom. The fourth-order valence-electron chi connectivity index (χ4n) is 3.95. The van der Waals surface area contributed by atoms with E-state index in [9.17, 15) is 0 Å². The van der Waals surface area contributed by atoms with Crippen LogP contribution in [0, 0.1) is 0 Å². The highest BCUT2D eigenvalue weighted by atomic mass is 15.0. The summed E-state index contributed by atoms with van der Waals surface area (Å²) in [7, 11) is 0. The zero-order valence-corrected chi connectivity index (χ0v) is 13.6. The predicted octanol–water partition coefficient (Wildman–Crippen LogP) is 2.38. The van der Waals surface area contributed by atoms with E-state index in [0.29, 0.717) is 0 Å². The first-order valence-corrected chi connectivity index (χ1v) is 8.45. The summed E-state index contributed by atoms with van der Waals surface area (Å²) in [5, 5.41) is 0. The van der Waals surface area contributed by atoms with Crippen molar-refractivity contribution in [1.29, 1.82) is 0 Å². The molecule has 0 aromatic heterocycles. The van der Waals surface area contributed by atoms with Crippen molar-refractivity contribution in [3.63, 3.8) is 0 Å². The zero-order valence-electron chi connectivity index (χ0n) is 13.6. The summed E-state index contributed by atoms with van der Waals surface area (Å²) in [6.45, 7) is 0. The second-order valence-corrected chi connectivity index (χ2v) is 7.02. The summed E-state index contributed by atoms with van der Waals surface area (Å²) in [4.78, 5) is 0. The van der Waals surface area contributed by atoms with Crippen molar-refractivity contribution < 1.29 is 0 Å². The lowest BCUT2D eigenvalue weighted by Crippen LogP contribution is -2.76. The second-order valence-electron chi connectivity index (χ2n) is 7.02. The average Bonchev–Trinajstić information content (AvgIpc) is 2.55. The molecule has 1 aliphatic carbocycles. The topological polar surface area (TPSA) is 78.1 Å². The molecule has 1 aliphatic rings. The van der Waals surface area contributed by atoms with Crippen molar-refractivity contribution in [3.8, 4) is 0 Å². The van der Waals surface area contributed by atoms with Crippen molar-refractivity contribution in [1.82, 2.24) is 0 Å². The van der Waals surface area contributed by atoms with Crippen LogP contribution in [0.15, 0.2) is 60.7 Å². The van der Waals surface area contributed by atoms with Crippen LogP contribution in [0.2, 0.25) is 0 Å². The Bertz CT molecular complexity index is 628. The Morgan fingerprint density at radius 3 is 1.91 bits per heavy atom. The van der Waals surface area contributed by atoms with E-state index >= 15 is 0 Å². The fourth-order valence-corrected chi connectivity index (χ4v) is 3.95. The summed E-state index contributed by atoms with van der Waals surface area (Å²) in [6.07, 6.45) is 4.39. The molecule has 0 aliphatic heterocycles. The normalized spacial score (nSPS) is 31.0. The highest BCUT2D eigenvalue weighted by Gasteiger charge is 2.51. The van der Waals surface area contributed by atoms with Gasteiger partial charge in [-0.2, -0.15) is 0 Å². The van der Waals surface area contributed by atoms with E-state index < -0.39 is 11.1 Å². The molecule has 0 spiro atoms. The molecule has 1 fully saturated rings. The molecule has 2 aromatic rings. The highest BCUT2D eigenvalue weighted by molar-refractivity contribution is 5.28. The molecular formula is C20H27N3. The molecule has 3 atom stereocenters. The van der Waals surface area contributed by atoms with Gasteiger partial charge in [0.15, 0.2) is 0 Å². The van der Waals surface area contributed by atoms with Gasteiger partial charge in [-0.05, 0) is 43.2 Å². The van der Waals surface area contributed by atoms with Crippen molar-refractivity contribution in [2.75, 3.05) is 0 Å². The van der Waals surface area contributed by atoms with E-state index in [0.717, 1.165) is 32.1 Å². The minimum Gasteiger partial charge on any atom is -0.326 e. The Labute approximate surface area is 138 Å². The maximum atomic E-state index is 6.91. The van der Waals surface area contributed by atoms with Crippen LogP contribution < -0.4 is 17.2 Å². The molecule has 3 nitrogen and oxygen atoms in total. The second kappa shape index (κ2) is 6.44. The van der Waals surface area contributed by atoms with Gasteiger partial charge < -0.3 is 17.2 Å². The van der Waals surface area contributed by atoms with Gasteiger partial charge in [-0.25, -0.2) is 0 Å². The van der Waals surface area contributed by atoms with E-state index in [1.165, 1.54) is 11.1 Å². The van der Waals surface area contributed by atoms with Crippen molar-refractivity contribution >= 4 is 0 Å². The van der Waals surface area contributed by atoms with Crippen molar-refractivity contribution in [2.45, 2.75) is 49.2 Å². The number of benzene rings is 2. The Balaban J connectivity index is 1.92. The molecule has 3 rings (SSSR count). The molecule has 3 unspecified atom stereocenters. The van der Waals surface area contributed by atoms with E-state index in [1.807, 2.05) is 24.3 Å². The molecule has 0 amide bonds. The van der Waals surface area contributed by atoms with Crippen LogP contribution in [0.25, 0.3) is 0 Å². The third-order valence-electron chi connectivity index (χ3n) is 5.43. The lowest BCUT2D eigenvalue weighted by Gasteiger charge is -2.53. The number of hydrogen-bond donors (Lipinski definition) is 3. The van der Waals surface area contributed by atoms with Crippen LogP contribution in [-0.4, -0.2) is 17.1 Å². The molecule has 2 aromatic carbocycles. The first-order valence-electron chi connectivity index (χ1n) is 8.45. The molecule has 3 heteroatoms. The quantitative estimate of drug-likeness (QED) is 0.811. The van der Waals surface area contributed by atoms with Gasteiger partial charge in [-0.15, -0.1) is 0 Å². The largest absolute Gasteiger partial charge is 0.326 e. The lowest BCUT2D eigenvalue weighted by molar-refractivity contribution is 0.121.